The number of amides is 1. The third-order valence-electron chi connectivity index (χ3n) is 4.40. The van der Waals surface area contributed by atoms with E-state index in [-0.39, 0.29) is 5.91 Å². The van der Waals surface area contributed by atoms with E-state index >= 15 is 0 Å². The van der Waals surface area contributed by atoms with Crippen LogP contribution in [0.25, 0.3) is 0 Å². The molecule has 0 saturated heterocycles. The van der Waals surface area contributed by atoms with Crippen molar-refractivity contribution in [1.29, 1.82) is 5.26 Å². The van der Waals surface area contributed by atoms with Gasteiger partial charge in [-0.1, -0.05) is 25.5 Å². The maximum Gasteiger partial charge on any atom is 0.260 e. The van der Waals surface area contributed by atoms with Crippen LogP contribution in [0.5, 0.6) is 5.75 Å². The lowest BCUT2D eigenvalue weighted by Gasteiger charge is -2.11. The Bertz CT molecular complexity index is 805. The van der Waals surface area contributed by atoms with E-state index in [1.165, 1.54) is 4.88 Å². The maximum absolute atomic E-state index is 12.8. The first kappa shape index (κ1) is 17.5. The second kappa shape index (κ2) is 8.17. The van der Waals surface area contributed by atoms with Crippen LogP contribution in [0.1, 0.15) is 59.0 Å². The third kappa shape index (κ3) is 3.85. The molecule has 1 aromatic heterocycles. The highest BCUT2D eigenvalue weighted by atomic mass is 32.1. The number of aryl methyl sites for hydroxylation is 1. The fourth-order valence-electron chi connectivity index (χ4n) is 3.05. The van der Waals surface area contributed by atoms with E-state index in [1.807, 2.05) is 18.2 Å². The van der Waals surface area contributed by atoms with E-state index in [1.54, 1.807) is 17.4 Å². The number of benzene rings is 1. The highest BCUT2D eigenvalue weighted by Gasteiger charge is 2.23. The lowest BCUT2D eigenvalue weighted by atomic mass is 9.96. The molecule has 4 nitrogen and oxygen atoms in total. The molecule has 1 aliphatic carbocycles. The SMILES string of the molecule is CCCCOc1ccccc1C(=O)Nc1sc2c(c1C#N)CCCC2. The van der Waals surface area contributed by atoms with Gasteiger partial charge in [0.2, 0.25) is 0 Å². The van der Waals surface area contributed by atoms with Gasteiger partial charge in [0.1, 0.15) is 16.8 Å². The lowest BCUT2D eigenvalue weighted by molar-refractivity contribution is 0.102. The number of hydrogen-bond donors (Lipinski definition) is 1. The zero-order valence-electron chi connectivity index (χ0n) is 14.4. The predicted molar refractivity (Wildman–Crippen MR) is 100 cm³/mol. The number of nitrogens with one attached hydrogen (secondary N) is 1. The molecule has 3 rings (SSSR count). The van der Waals surface area contributed by atoms with Crippen LogP contribution in [-0.4, -0.2) is 12.5 Å². The lowest BCUT2D eigenvalue weighted by Crippen LogP contribution is -2.14. The van der Waals surface area contributed by atoms with Crippen molar-refractivity contribution in [2.45, 2.75) is 45.4 Å². The monoisotopic (exact) mass is 354 g/mol. The number of thiophene rings is 1. The minimum absolute atomic E-state index is 0.220. The first-order valence-corrected chi connectivity index (χ1v) is 9.64. The molecule has 0 fully saturated rings. The minimum Gasteiger partial charge on any atom is -0.493 e. The van der Waals surface area contributed by atoms with Crippen LogP contribution in [0.3, 0.4) is 0 Å². The Morgan fingerprint density at radius 2 is 2.12 bits per heavy atom. The molecule has 0 aliphatic heterocycles. The van der Waals surface area contributed by atoms with Gasteiger partial charge in [-0.2, -0.15) is 5.26 Å². The largest absolute Gasteiger partial charge is 0.493 e. The topological polar surface area (TPSA) is 62.1 Å². The quantitative estimate of drug-likeness (QED) is 0.748. The maximum atomic E-state index is 12.8. The molecular weight excluding hydrogens is 332 g/mol. The molecule has 25 heavy (non-hydrogen) atoms. The van der Waals surface area contributed by atoms with Crippen LogP contribution in [0.2, 0.25) is 0 Å². The molecule has 1 amide bonds. The van der Waals surface area contributed by atoms with E-state index in [2.05, 4.69) is 18.3 Å². The van der Waals surface area contributed by atoms with Crippen molar-refractivity contribution in [3.8, 4) is 11.8 Å². The second-order valence-corrected chi connectivity index (χ2v) is 7.28. The van der Waals surface area contributed by atoms with Crippen molar-refractivity contribution in [3.63, 3.8) is 0 Å². The molecule has 0 atom stereocenters. The number of hydrogen-bond acceptors (Lipinski definition) is 4. The summed E-state index contributed by atoms with van der Waals surface area (Å²) in [6, 6.07) is 9.55. The zero-order valence-corrected chi connectivity index (χ0v) is 15.2. The van der Waals surface area contributed by atoms with Gasteiger partial charge in [0.05, 0.1) is 17.7 Å². The van der Waals surface area contributed by atoms with Crippen molar-refractivity contribution in [1.82, 2.24) is 0 Å². The van der Waals surface area contributed by atoms with Gasteiger partial charge in [0.15, 0.2) is 0 Å². The number of ether oxygens (including phenoxy) is 1. The molecule has 1 aromatic carbocycles. The summed E-state index contributed by atoms with van der Waals surface area (Å²) in [6.45, 7) is 2.70. The van der Waals surface area contributed by atoms with E-state index < -0.39 is 0 Å². The van der Waals surface area contributed by atoms with Gasteiger partial charge in [-0.25, -0.2) is 0 Å². The number of rotatable bonds is 6. The van der Waals surface area contributed by atoms with Crippen LogP contribution in [0.15, 0.2) is 24.3 Å². The third-order valence-corrected chi connectivity index (χ3v) is 5.60. The molecule has 1 aliphatic rings. The summed E-state index contributed by atoms with van der Waals surface area (Å²) in [6.07, 6.45) is 6.19. The van der Waals surface area contributed by atoms with Gasteiger partial charge < -0.3 is 10.1 Å². The first-order chi connectivity index (χ1) is 12.2. The number of carbonyl (C=O) groups is 1. The predicted octanol–water partition coefficient (Wildman–Crippen LogP) is 4.93. The average Bonchev–Trinajstić information content (AvgIpc) is 2.99. The van der Waals surface area contributed by atoms with Crippen LogP contribution in [-0.2, 0) is 12.8 Å². The number of unbranched alkanes of at least 4 members (excludes halogenated alkanes) is 1. The second-order valence-electron chi connectivity index (χ2n) is 6.18. The number of para-hydroxylation sites is 1. The van der Waals surface area contributed by atoms with Crippen molar-refractivity contribution in [2.24, 2.45) is 0 Å². The Kier molecular flexibility index (Phi) is 5.72. The van der Waals surface area contributed by atoms with Crippen LogP contribution >= 0.6 is 11.3 Å². The number of anilines is 1. The van der Waals surface area contributed by atoms with Gasteiger partial charge in [-0.05, 0) is 49.8 Å². The number of fused-ring (bicyclic) bond motifs is 1. The van der Waals surface area contributed by atoms with Gasteiger partial charge >= 0.3 is 0 Å². The molecule has 5 heteroatoms. The Morgan fingerprint density at radius 1 is 1.32 bits per heavy atom. The molecule has 0 bridgehead atoms. The fraction of sp³-hybridized carbons (Fsp3) is 0.400. The molecule has 1 N–H and O–H groups in total. The average molecular weight is 354 g/mol. The molecular formula is C20H22N2O2S. The van der Waals surface area contributed by atoms with Gasteiger partial charge in [-0.15, -0.1) is 11.3 Å². The van der Waals surface area contributed by atoms with Crippen molar-refractivity contribution >= 4 is 22.2 Å². The smallest absolute Gasteiger partial charge is 0.260 e. The summed E-state index contributed by atoms with van der Waals surface area (Å²) in [4.78, 5) is 14.0. The molecule has 0 spiro atoms. The van der Waals surface area contributed by atoms with E-state index in [4.69, 9.17) is 4.74 Å². The van der Waals surface area contributed by atoms with Gasteiger partial charge in [0.25, 0.3) is 5.91 Å². The summed E-state index contributed by atoms with van der Waals surface area (Å²) in [7, 11) is 0. The van der Waals surface area contributed by atoms with Crippen molar-refractivity contribution < 1.29 is 9.53 Å². The molecule has 2 aromatic rings. The summed E-state index contributed by atoms with van der Waals surface area (Å²) in [5.41, 5.74) is 2.27. The van der Waals surface area contributed by atoms with Crippen LogP contribution in [0.4, 0.5) is 5.00 Å². The fourth-order valence-corrected chi connectivity index (χ4v) is 4.28. The van der Waals surface area contributed by atoms with E-state index in [0.717, 1.165) is 44.1 Å². The molecule has 0 saturated carbocycles. The normalized spacial score (nSPS) is 13.0. The summed E-state index contributed by atoms with van der Waals surface area (Å²) < 4.78 is 5.75. The number of nitrogens with zero attached hydrogens (tertiary/aromatic N) is 1. The minimum atomic E-state index is -0.220. The zero-order chi connectivity index (χ0) is 17.6. The number of nitriles is 1. The Labute approximate surface area is 152 Å². The Morgan fingerprint density at radius 3 is 2.92 bits per heavy atom. The number of carbonyl (C=O) groups excluding carboxylic acids is 1. The Balaban J connectivity index is 1.82. The molecule has 130 valence electrons. The highest BCUT2D eigenvalue weighted by Crippen LogP contribution is 2.38. The molecule has 0 unspecified atom stereocenters. The standard InChI is InChI=1S/C20H22N2O2S/c1-2-3-12-24-17-10-6-4-9-15(17)19(23)22-20-16(13-21)14-8-5-7-11-18(14)25-20/h4,6,9-10H,2-3,5,7-8,11-12H2,1H3,(H,22,23). The summed E-state index contributed by atoms with van der Waals surface area (Å²) in [5.74, 6) is 0.371. The Hall–Kier alpha value is -2.32. The molecule has 0 radical (unpaired) electrons. The van der Waals surface area contributed by atoms with E-state index in [9.17, 15) is 10.1 Å². The van der Waals surface area contributed by atoms with Crippen LogP contribution in [0, 0.1) is 11.3 Å². The first-order valence-electron chi connectivity index (χ1n) is 8.82. The van der Waals surface area contributed by atoms with Crippen molar-refractivity contribution in [3.05, 3.63) is 45.8 Å². The summed E-state index contributed by atoms with van der Waals surface area (Å²) in [5, 5.41) is 13.1. The highest BCUT2D eigenvalue weighted by molar-refractivity contribution is 7.16. The van der Waals surface area contributed by atoms with Crippen molar-refractivity contribution in [2.75, 3.05) is 11.9 Å². The summed E-state index contributed by atoms with van der Waals surface area (Å²) >= 11 is 1.54. The molecule has 1 heterocycles. The van der Waals surface area contributed by atoms with E-state index in [0.29, 0.717) is 28.5 Å². The van der Waals surface area contributed by atoms with Crippen LogP contribution < -0.4 is 10.1 Å². The van der Waals surface area contributed by atoms with Gasteiger partial charge in [-0.3, -0.25) is 4.79 Å². The van der Waals surface area contributed by atoms with Gasteiger partial charge in [0, 0.05) is 4.88 Å².